The van der Waals surface area contributed by atoms with Gasteiger partial charge in [0.2, 0.25) is 0 Å². The van der Waals surface area contributed by atoms with Crippen LogP contribution >= 0.6 is 40.2 Å². The summed E-state index contributed by atoms with van der Waals surface area (Å²) in [7, 11) is 5.62. The summed E-state index contributed by atoms with van der Waals surface area (Å²) in [6.07, 6.45) is 0. The Kier molecular flexibility index (Phi) is 6.10. The second-order valence-electron chi connectivity index (χ2n) is 1.78. The summed E-state index contributed by atoms with van der Waals surface area (Å²) in [6, 6.07) is 0.641. The van der Waals surface area contributed by atoms with Crippen LogP contribution in [0.4, 0.5) is 0 Å². The molecule has 0 heterocycles. The molecular weight excluding hydrogens is 253 g/mol. The van der Waals surface area contributed by atoms with Crippen molar-refractivity contribution >= 4 is 40.2 Å². The molecular formula is C4H10INS2. The third-order valence-electron chi connectivity index (χ3n) is 0.873. The molecule has 0 aromatic heterocycles. The van der Waals surface area contributed by atoms with E-state index in [9.17, 15) is 0 Å². The molecule has 8 heavy (non-hydrogen) atoms. The molecule has 0 rings (SSSR count). The van der Waals surface area contributed by atoms with Crippen LogP contribution in [0.15, 0.2) is 0 Å². The Morgan fingerprint density at radius 2 is 2.00 bits per heavy atom. The van der Waals surface area contributed by atoms with Crippen LogP contribution in [0.25, 0.3) is 0 Å². The van der Waals surface area contributed by atoms with Gasteiger partial charge in [-0.05, 0) is 28.9 Å². The summed E-state index contributed by atoms with van der Waals surface area (Å²) >= 11 is 2.27. The first kappa shape index (κ1) is 9.39. The molecule has 0 bridgehead atoms. The third-order valence-corrected chi connectivity index (χ3v) is 3.91. The van der Waals surface area contributed by atoms with Crippen LogP contribution < -0.4 is 0 Å². The molecule has 0 atom stereocenters. The lowest BCUT2D eigenvalue weighted by atomic mass is 10.4. The SMILES string of the molecule is CC(C)N(C)SSI. The van der Waals surface area contributed by atoms with Crippen LogP contribution in [0.3, 0.4) is 0 Å². The van der Waals surface area contributed by atoms with Crippen molar-refractivity contribution in [1.82, 2.24) is 4.31 Å². The van der Waals surface area contributed by atoms with Crippen molar-refractivity contribution in [1.29, 1.82) is 0 Å². The van der Waals surface area contributed by atoms with Gasteiger partial charge in [-0.15, -0.1) is 0 Å². The lowest BCUT2D eigenvalue weighted by Gasteiger charge is -2.16. The van der Waals surface area contributed by atoms with Crippen molar-refractivity contribution in [2.45, 2.75) is 19.9 Å². The second kappa shape index (κ2) is 5.20. The highest BCUT2D eigenvalue weighted by molar-refractivity contribution is 14.2. The van der Waals surface area contributed by atoms with Gasteiger partial charge in [0.1, 0.15) is 0 Å². The largest absolute Gasteiger partial charge is 0.241 e. The van der Waals surface area contributed by atoms with Crippen molar-refractivity contribution < 1.29 is 0 Å². The quantitative estimate of drug-likeness (QED) is 0.438. The Morgan fingerprint density at radius 3 is 2.12 bits per heavy atom. The standard InChI is InChI=1S/C4H10INS2/c1-4(2)6(3)8-7-5/h4H,1-3H3. The second-order valence-corrected chi connectivity index (χ2v) is 6.69. The fourth-order valence-electron chi connectivity index (χ4n) is 0.131. The molecule has 0 radical (unpaired) electrons. The fourth-order valence-corrected chi connectivity index (χ4v) is 3.46. The maximum absolute atomic E-state index is 2.27. The van der Waals surface area contributed by atoms with Crippen LogP contribution in [0, 0.1) is 0 Å². The molecule has 0 N–H and O–H groups in total. The highest BCUT2D eigenvalue weighted by atomic mass is 127. The Balaban J connectivity index is 3.17. The zero-order chi connectivity index (χ0) is 6.57. The van der Waals surface area contributed by atoms with Gasteiger partial charge in [0.05, 0.1) is 0 Å². The van der Waals surface area contributed by atoms with E-state index in [0.717, 1.165) is 0 Å². The van der Waals surface area contributed by atoms with Crippen LogP contribution in [-0.2, 0) is 0 Å². The molecule has 0 aliphatic heterocycles. The summed E-state index contributed by atoms with van der Waals surface area (Å²) < 4.78 is 2.22. The number of rotatable bonds is 3. The molecule has 1 nitrogen and oxygen atoms in total. The van der Waals surface area contributed by atoms with Gasteiger partial charge >= 0.3 is 0 Å². The van der Waals surface area contributed by atoms with E-state index in [0.29, 0.717) is 6.04 Å². The van der Waals surface area contributed by atoms with Gasteiger partial charge in [-0.25, -0.2) is 4.31 Å². The summed E-state index contributed by atoms with van der Waals surface area (Å²) in [6.45, 7) is 4.36. The van der Waals surface area contributed by atoms with Crippen LogP contribution in [0.1, 0.15) is 13.8 Å². The maximum Gasteiger partial charge on any atom is 0.0151 e. The van der Waals surface area contributed by atoms with E-state index < -0.39 is 0 Å². The van der Waals surface area contributed by atoms with Crippen LogP contribution in [0.5, 0.6) is 0 Å². The third kappa shape index (κ3) is 4.29. The molecule has 0 amide bonds. The minimum Gasteiger partial charge on any atom is -0.241 e. The lowest BCUT2D eigenvalue weighted by Crippen LogP contribution is -2.16. The monoisotopic (exact) mass is 263 g/mol. The first-order valence-electron chi connectivity index (χ1n) is 2.36. The highest BCUT2D eigenvalue weighted by Crippen LogP contribution is 2.31. The molecule has 0 spiro atoms. The number of nitrogens with zero attached hydrogens (tertiary/aromatic N) is 1. The normalized spacial score (nSPS) is 11.2. The van der Waals surface area contributed by atoms with Crippen molar-refractivity contribution in [3.05, 3.63) is 0 Å². The van der Waals surface area contributed by atoms with Gasteiger partial charge in [0.25, 0.3) is 0 Å². The van der Waals surface area contributed by atoms with Gasteiger partial charge in [-0.2, -0.15) is 0 Å². The van der Waals surface area contributed by atoms with E-state index in [-0.39, 0.29) is 0 Å². The Bertz CT molecular complexity index is 60.0. The van der Waals surface area contributed by atoms with Gasteiger partial charge in [-0.1, -0.05) is 0 Å². The predicted molar refractivity (Wildman–Crippen MR) is 52.1 cm³/mol. The predicted octanol–water partition coefficient (Wildman–Crippen LogP) is 2.97. The zero-order valence-corrected chi connectivity index (χ0v) is 9.01. The number of halogens is 1. The molecule has 4 heteroatoms. The van der Waals surface area contributed by atoms with Gasteiger partial charge < -0.3 is 0 Å². The Labute approximate surface area is 71.1 Å². The van der Waals surface area contributed by atoms with Crippen molar-refractivity contribution in [3.8, 4) is 0 Å². The molecule has 0 saturated heterocycles. The molecule has 0 unspecified atom stereocenters. The van der Waals surface area contributed by atoms with Gasteiger partial charge in [0.15, 0.2) is 0 Å². The minimum atomic E-state index is 0.641. The van der Waals surface area contributed by atoms with E-state index >= 15 is 0 Å². The molecule has 0 aromatic carbocycles. The topological polar surface area (TPSA) is 3.24 Å². The molecule has 0 saturated carbocycles. The molecule has 0 aliphatic rings. The van der Waals surface area contributed by atoms with Gasteiger partial charge in [0, 0.05) is 38.2 Å². The van der Waals surface area contributed by atoms with Crippen LogP contribution in [-0.4, -0.2) is 17.4 Å². The van der Waals surface area contributed by atoms with E-state index in [1.54, 1.807) is 18.9 Å². The van der Waals surface area contributed by atoms with Gasteiger partial charge in [-0.3, -0.25) is 0 Å². The summed E-state index contributed by atoms with van der Waals surface area (Å²) in [5, 5.41) is 0. The average molecular weight is 263 g/mol. The van der Waals surface area contributed by atoms with E-state index in [1.165, 1.54) is 0 Å². The summed E-state index contributed by atoms with van der Waals surface area (Å²) in [4.78, 5) is 0. The maximum atomic E-state index is 2.27. The minimum absolute atomic E-state index is 0.641. The van der Waals surface area contributed by atoms with E-state index in [2.05, 4.69) is 46.4 Å². The number of hydrogen-bond donors (Lipinski definition) is 0. The Morgan fingerprint density at radius 1 is 1.50 bits per heavy atom. The average Bonchev–Trinajstić information content (AvgIpc) is 1.67. The Hall–Kier alpha value is 1.39. The highest BCUT2D eigenvalue weighted by Gasteiger charge is 2.00. The smallest absolute Gasteiger partial charge is 0.0151 e. The first-order chi connectivity index (χ1) is 3.68. The molecule has 50 valence electrons. The number of hydrogen-bond acceptors (Lipinski definition) is 3. The first-order valence-corrected chi connectivity index (χ1v) is 7.01. The molecule has 0 fully saturated rings. The molecule has 0 aliphatic carbocycles. The van der Waals surface area contributed by atoms with Crippen molar-refractivity contribution in [3.63, 3.8) is 0 Å². The van der Waals surface area contributed by atoms with E-state index in [1.807, 2.05) is 0 Å². The lowest BCUT2D eigenvalue weighted by molar-refractivity contribution is 0.473. The van der Waals surface area contributed by atoms with Crippen molar-refractivity contribution in [2.75, 3.05) is 7.05 Å². The van der Waals surface area contributed by atoms with E-state index in [4.69, 9.17) is 0 Å². The van der Waals surface area contributed by atoms with Crippen molar-refractivity contribution in [2.24, 2.45) is 0 Å². The van der Waals surface area contributed by atoms with Crippen LogP contribution in [0.2, 0.25) is 0 Å². The fraction of sp³-hybridized carbons (Fsp3) is 1.00. The molecule has 0 aromatic rings. The summed E-state index contributed by atoms with van der Waals surface area (Å²) in [5.41, 5.74) is 0. The zero-order valence-electron chi connectivity index (χ0n) is 5.22. The summed E-state index contributed by atoms with van der Waals surface area (Å²) in [5.74, 6) is 0.